The zero-order valence-electron chi connectivity index (χ0n) is 8.36. The predicted octanol–water partition coefficient (Wildman–Crippen LogP) is 0.632. The fourth-order valence-electron chi connectivity index (χ4n) is 1.73. The molecule has 0 bridgehead atoms. The van der Waals surface area contributed by atoms with Crippen LogP contribution in [0.25, 0.3) is 0 Å². The highest BCUT2D eigenvalue weighted by Crippen LogP contribution is 2.13. The summed E-state index contributed by atoms with van der Waals surface area (Å²) in [6, 6.07) is 1.80. The zero-order chi connectivity index (χ0) is 10.7. The minimum absolute atomic E-state index is 0.0655. The summed E-state index contributed by atoms with van der Waals surface area (Å²) < 4.78 is 0. The standard InChI is InChI=1S/C10H12N4O/c11-6-8-7-12-10(13-9(8)15)14-4-2-1-3-5-14/h7H,1-5H2,(H,12,13,15). The Kier molecular flexibility index (Phi) is 2.68. The van der Waals surface area contributed by atoms with Crippen molar-refractivity contribution < 1.29 is 0 Å². The quantitative estimate of drug-likeness (QED) is 0.728. The van der Waals surface area contributed by atoms with Crippen LogP contribution in [0.15, 0.2) is 11.0 Å². The van der Waals surface area contributed by atoms with Crippen molar-refractivity contribution in [3.63, 3.8) is 0 Å². The van der Waals surface area contributed by atoms with E-state index in [0.29, 0.717) is 5.95 Å². The van der Waals surface area contributed by atoms with Gasteiger partial charge in [-0.25, -0.2) is 4.98 Å². The van der Waals surface area contributed by atoms with Gasteiger partial charge in [0.05, 0.1) is 6.20 Å². The van der Waals surface area contributed by atoms with Gasteiger partial charge in [-0.3, -0.25) is 9.78 Å². The first-order chi connectivity index (χ1) is 7.31. The van der Waals surface area contributed by atoms with Crippen LogP contribution in [-0.4, -0.2) is 23.1 Å². The molecule has 2 rings (SSSR count). The van der Waals surface area contributed by atoms with E-state index in [9.17, 15) is 4.79 Å². The molecule has 78 valence electrons. The van der Waals surface area contributed by atoms with Gasteiger partial charge in [-0.15, -0.1) is 0 Å². The van der Waals surface area contributed by atoms with Crippen molar-refractivity contribution in [1.29, 1.82) is 5.26 Å². The molecule has 0 spiro atoms. The third kappa shape index (κ3) is 1.99. The molecule has 1 aliphatic heterocycles. The summed E-state index contributed by atoms with van der Waals surface area (Å²) in [6.07, 6.45) is 4.83. The molecule has 0 amide bonds. The van der Waals surface area contributed by atoms with Crippen molar-refractivity contribution in [3.8, 4) is 6.07 Å². The maximum absolute atomic E-state index is 11.4. The molecule has 1 aliphatic rings. The second kappa shape index (κ2) is 4.13. The molecule has 5 heteroatoms. The van der Waals surface area contributed by atoms with Crippen LogP contribution in [0.3, 0.4) is 0 Å². The number of hydrogen-bond acceptors (Lipinski definition) is 4. The van der Waals surface area contributed by atoms with E-state index >= 15 is 0 Å². The Morgan fingerprint density at radius 2 is 2.13 bits per heavy atom. The lowest BCUT2D eigenvalue weighted by molar-refractivity contribution is 0.567. The number of H-pyrrole nitrogens is 1. The molecular formula is C10H12N4O. The van der Waals surface area contributed by atoms with Crippen LogP contribution in [0.1, 0.15) is 24.8 Å². The Morgan fingerprint density at radius 3 is 2.73 bits per heavy atom. The summed E-state index contributed by atoms with van der Waals surface area (Å²) in [5.74, 6) is 0.582. The first-order valence-corrected chi connectivity index (χ1v) is 5.05. The Bertz CT molecular complexity index is 439. The average molecular weight is 204 g/mol. The van der Waals surface area contributed by atoms with E-state index in [1.54, 1.807) is 6.07 Å². The molecule has 0 radical (unpaired) electrons. The molecule has 0 unspecified atom stereocenters. The summed E-state index contributed by atoms with van der Waals surface area (Å²) in [4.78, 5) is 20.1. The van der Waals surface area contributed by atoms with E-state index in [0.717, 1.165) is 25.9 Å². The fourth-order valence-corrected chi connectivity index (χ4v) is 1.73. The second-order valence-electron chi connectivity index (χ2n) is 3.61. The highest BCUT2D eigenvalue weighted by atomic mass is 16.1. The normalized spacial score (nSPS) is 16.1. The molecular weight excluding hydrogens is 192 g/mol. The van der Waals surface area contributed by atoms with Gasteiger partial charge in [-0.2, -0.15) is 5.26 Å². The van der Waals surface area contributed by atoms with Crippen LogP contribution in [0, 0.1) is 11.3 Å². The van der Waals surface area contributed by atoms with E-state index in [4.69, 9.17) is 5.26 Å². The first kappa shape index (κ1) is 9.71. The Morgan fingerprint density at radius 1 is 1.40 bits per heavy atom. The van der Waals surface area contributed by atoms with Crippen molar-refractivity contribution >= 4 is 5.95 Å². The zero-order valence-corrected chi connectivity index (χ0v) is 8.36. The molecule has 0 aliphatic carbocycles. The smallest absolute Gasteiger partial charge is 0.270 e. The minimum Gasteiger partial charge on any atom is -0.342 e. The summed E-state index contributed by atoms with van der Waals surface area (Å²) in [6.45, 7) is 1.85. The monoisotopic (exact) mass is 204 g/mol. The van der Waals surface area contributed by atoms with Crippen LogP contribution < -0.4 is 10.5 Å². The minimum atomic E-state index is -0.354. The van der Waals surface area contributed by atoms with Gasteiger partial charge in [0.2, 0.25) is 5.95 Å². The summed E-state index contributed by atoms with van der Waals surface area (Å²) >= 11 is 0. The lowest BCUT2D eigenvalue weighted by Crippen LogP contribution is -2.32. The Balaban J connectivity index is 2.26. The average Bonchev–Trinajstić information content (AvgIpc) is 2.30. The molecule has 1 saturated heterocycles. The summed E-state index contributed by atoms with van der Waals surface area (Å²) in [5, 5.41) is 8.60. The van der Waals surface area contributed by atoms with Gasteiger partial charge in [0.15, 0.2) is 0 Å². The molecule has 1 aromatic heterocycles. The van der Waals surface area contributed by atoms with Crippen LogP contribution in [0.2, 0.25) is 0 Å². The van der Waals surface area contributed by atoms with Crippen LogP contribution in [0.4, 0.5) is 5.95 Å². The third-order valence-electron chi connectivity index (χ3n) is 2.56. The molecule has 1 fully saturated rings. The van der Waals surface area contributed by atoms with Gasteiger partial charge in [0.25, 0.3) is 5.56 Å². The largest absolute Gasteiger partial charge is 0.342 e. The highest BCUT2D eigenvalue weighted by Gasteiger charge is 2.13. The maximum Gasteiger partial charge on any atom is 0.270 e. The lowest BCUT2D eigenvalue weighted by Gasteiger charge is -2.26. The Labute approximate surface area is 87.4 Å². The molecule has 15 heavy (non-hydrogen) atoms. The van der Waals surface area contributed by atoms with Gasteiger partial charge in [0.1, 0.15) is 11.6 Å². The first-order valence-electron chi connectivity index (χ1n) is 5.05. The predicted molar refractivity (Wildman–Crippen MR) is 55.6 cm³/mol. The van der Waals surface area contributed by atoms with Gasteiger partial charge in [0, 0.05) is 13.1 Å². The number of anilines is 1. The molecule has 1 N–H and O–H groups in total. The van der Waals surface area contributed by atoms with Crippen LogP contribution in [-0.2, 0) is 0 Å². The van der Waals surface area contributed by atoms with Crippen molar-refractivity contribution in [2.45, 2.75) is 19.3 Å². The molecule has 5 nitrogen and oxygen atoms in total. The van der Waals surface area contributed by atoms with E-state index in [1.807, 2.05) is 4.90 Å². The van der Waals surface area contributed by atoms with Crippen molar-refractivity contribution in [2.24, 2.45) is 0 Å². The summed E-state index contributed by atoms with van der Waals surface area (Å²) in [7, 11) is 0. The van der Waals surface area contributed by atoms with Gasteiger partial charge in [-0.1, -0.05) is 0 Å². The number of rotatable bonds is 1. The topological polar surface area (TPSA) is 72.8 Å². The van der Waals surface area contributed by atoms with Gasteiger partial charge >= 0.3 is 0 Å². The number of nitrogens with zero attached hydrogens (tertiary/aromatic N) is 3. The SMILES string of the molecule is N#Cc1cnc(N2CCCCC2)[nH]c1=O. The number of nitrogens with one attached hydrogen (secondary N) is 1. The van der Waals surface area contributed by atoms with Crippen LogP contribution >= 0.6 is 0 Å². The number of aromatic amines is 1. The van der Waals surface area contributed by atoms with E-state index in [2.05, 4.69) is 9.97 Å². The molecule has 2 heterocycles. The maximum atomic E-state index is 11.4. The molecule has 0 aromatic carbocycles. The van der Waals surface area contributed by atoms with E-state index < -0.39 is 0 Å². The summed E-state index contributed by atoms with van der Waals surface area (Å²) in [5.41, 5.74) is -0.288. The third-order valence-corrected chi connectivity index (χ3v) is 2.56. The van der Waals surface area contributed by atoms with Crippen molar-refractivity contribution in [1.82, 2.24) is 9.97 Å². The molecule has 1 aromatic rings. The van der Waals surface area contributed by atoms with Crippen molar-refractivity contribution in [3.05, 3.63) is 22.1 Å². The van der Waals surface area contributed by atoms with Crippen LogP contribution in [0.5, 0.6) is 0 Å². The lowest BCUT2D eigenvalue weighted by atomic mass is 10.1. The van der Waals surface area contributed by atoms with Gasteiger partial charge in [-0.05, 0) is 19.3 Å². The number of nitriles is 1. The second-order valence-corrected chi connectivity index (χ2v) is 3.61. The van der Waals surface area contributed by atoms with E-state index in [1.165, 1.54) is 12.6 Å². The number of piperidine rings is 1. The fraction of sp³-hybridized carbons (Fsp3) is 0.500. The number of hydrogen-bond donors (Lipinski definition) is 1. The molecule has 0 atom stereocenters. The highest BCUT2D eigenvalue weighted by molar-refractivity contribution is 5.33. The van der Waals surface area contributed by atoms with Crippen molar-refractivity contribution in [2.75, 3.05) is 18.0 Å². The Hall–Kier alpha value is -1.83. The number of aromatic nitrogens is 2. The van der Waals surface area contributed by atoms with E-state index in [-0.39, 0.29) is 11.1 Å². The molecule has 0 saturated carbocycles. The van der Waals surface area contributed by atoms with Gasteiger partial charge < -0.3 is 4.90 Å².